The lowest BCUT2D eigenvalue weighted by molar-refractivity contribution is 0.934. The van der Waals surface area contributed by atoms with Gasteiger partial charge in [0.1, 0.15) is 12.1 Å². The normalized spacial score (nSPS) is 16.2. The van der Waals surface area contributed by atoms with E-state index < -0.39 is 0 Å². The predicted molar refractivity (Wildman–Crippen MR) is 48.3 cm³/mol. The molecule has 1 aromatic heterocycles. The fourth-order valence-corrected chi connectivity index (χ4v) is 1.50. The maximum absolute atomic E-state index is 5.71. The van der Waals surface area contributed by atoms with Gasteiger partial charge in [-0.15, -0.1) is 0 Å². The van der Waals surface area contributed by atoms with Gasteiger partial charge in [-0.2, -0.15) is 0 Å². The van der Waals surface area contributed by atoms with Crippen molar-refractivity contribution < 1.29 is 0 Å². The van der Waals surface area contributed by atoms with Gasteiger partial charge in [-0.05, 0) is 24.8 Å². The van der Waals surface area contributed by atoms with E-state index in [-0.39, 0.29) is 0 Å². The number of nitrogens with two attached hydrogens (primary N) is 1. The van der Waals surface area contributed by atoms with Crippen LogP contribution in [0, 0.1) is 0 Å². The Morgan fingerprint density at radius 3 is 3.00 bits per heavy atom. The van der Waals surface area contributed by atoms with Gasteiger partial charge in [0.2, 0.25) is 0 Å². The van der Waals surface area contributed by atoms with Crippen LogP contribution in [-0.2, 0) is 0 Å². The Kier molecular flexibility index (Phi) is 1.78. The molecule has 1 aliphatic carbocycles. The molecule has 1 heterocycles. The zero-order valence-electron chi connectivity index (χ0n) is 6.83. The second kappa shape index (κ2) is 2.93. The minimum atomic E-state index is 0.596. The number of hydrogen-bond donors (Lipinski definition) is 1. The Hall–Kier alpha value is -1.38. The summed E-state index contributed by atoms with van der Waals surface area (Å²) in [6, 6.07) is 0. The highest BCUT2D eigenvalue weighted by atomic mass is 14.9. The van der Waals surface area contributed by atoms with Crippen LogP contribution >= 0.6 is 0 Å². The van der Waals surface area contributed by atoms with E-state index in [1.54, 1.807) is 6.20 Å². The van der Waals surface area contributed by atoms with Gasteiger partial charge in [0.25, 0.3) is 0 Å². The Morgan fingerprint density at radius 1 is 1.42 bits per heavy atom. The molecule has 0 spiro atoms. The molecular formula is C9H11N3. The van der Waals surface area contributed by atoms with E-state index in [0.717, 1.165) is 18.4 Å². The van der Waals surface area contributed by atoms with Crippen molar-refractivity contribution in [2.45, 2.75) is 19.3 Å². The molecule has 2 N–H and O–H groups in total. The van der Waals surface area contributed by atoms with Gasteiger partial charge >= 0.3 is 0 Å². The molecule has 3 heteroatoms. The molecular weight excluding hydrogens is 150 g/mol. The third-order valence-corrected chi connectivity index (χ3v) is 2.13. The van der Waals surface area contributed by atoms with Crippen molar-refractivity contribution in [3.8, 4) is 0 Å². The topological polar surface area (TPSA) is 51.8 Å². The second-order valence-corrected chi connectivity index (χ2v) is 2.94. The summed E-state index contributed by atoms with van der Waals surface area (Å²) in [5.41, 5.74) is 8.02. The first kappa shape index (κ1) is 7.28. The molecule has 0 saturated heterocycles. The number of anilines is 1. The van der Waals surface area contributed by atoms with E-state index in [0.29, 0.717) is 5.82 Å². The maximum Gasteiger partial charge on any atom is 0.134 e. The monoisotopic (exact) mass is 161 g/mol. The van der Waals surface area contributed by atoms with Crippen molar-refractivity contribution in [3.63, 3.8) is 0 Å². The standard InChI is InChI=1S/C9H11N3/c10-9-8(5-11-6-12-9)7-3-1-2-4-7/h3,5-6H,1-2,4H2,(H2,10,11,12). The molecule has 0 aliphatic heterocycles. The number of rotatable bonds is 1. The molecule has 1 aromatic rings. The van der Waals surface area contributed by atoms with Gasteiger partial charge in [0, 0.05) is 11.8 Å². The molecule has 0 fully saturated rings. The quantitative estimate of drug-likeness (QED) is 0.681. The Balaban J connectivity index is 2.39. The van der Waals surface area contributed by atoms with Gasteiger partial charge < -0.3 is 5.73 Å². The van der Waals surface area contributed by atoms with Crippen LogP contribution in [0.2, 0.25) is 0 Å². The van der Waals surface area contributed by atoms with E-state index >= 15 is 0 Å². The van der Waals surface area contributed by atoms with Crippen molar-refractivity contribution in [1.82, 2.24) is 9.97 Å². The molecule has 0 saturated carbocycles. The molecule has 3 nitrogen and oxygen atoms in total. The summed E-state index contributed by atoms with van der Waals surface area (Å²) < 4.78 is 0. The van der Waals surface area contributed by atoms with Crippen molar-refractivity contribution >= 4 is 11.4 Å². The predicted octanol–water partition coefficient (Wildman–Crippen LogP) is 1.63. The molecule has 0 atom stereocenters. The molecule has 12 heavy (non-hydrogen) atoms. The van der Waals surface area contributed by atoms with Crippen molar-refractivity contribution in [1.29, 1.82) is 0 Å². The Bertz CT molecular complexity index is 317. The second-order valence-electron chi connectivity index (χ2n) is 2.94. The van der Waals surface area contributed by atoms with Crippen LogP contribution in [0.5, 0.6) is 0 Å². The molecule has 0 aromatic carbocycles. The molecule has 0 radical (unpaired) electrons. The Labute approximate surface area is 71.3 Å². The first-order valence-corrected chi connectivity index (χ1v) is 4.13. The zero-order valence-corrected chi connectivity index (χ0v) is 6.83. The summed E-state index contributed by atoms with van der Waals surface area (Å²) in [4.78, 5) is 7.91. The van der Waals surface area contributed by atoms with E-state index in [1.165, 1.54) is 18.3 Å². The average Bonchev–Trinajstić information content (AvgIpc) is 2.57. The average molecular weight is 161 g/mol. The molecule has 2 rings (SSSR count). The van der Waals surface area contributed by atoms with Gasteiger partial charge in [-0.25, -0.2) is 9.97 Å². The fourth-order valence-electron chi connectivity index (χ4n) is 1.50. The molecule has 62 valence electrons. The summed E-state index contributed by atoms with van der Waals surface area (Å²) >= 11 is 0. The number of nitrogen functional groups attached to an aromatic ring is 1. The number of aromatic nitrogens is 2. The van der Waals surface area contributed by atoms with Crippen molar-refractivity contribution in [3.05, 3.63) is 24.2 Å². The highest BCUT2D eigenvalue weighted by molar-refractivity contribution is 5.73. The number of nitrogens with zero attached hydrogens (tertiary/aromatic N) is 2. The first-order valence-electron chi connectivity index (χ1n) is 4.13. The van der Waals surface area contributed by atoms with Crippen molar-refractivity contribution in [2.24, 2.45) is 0 Å². The third kappa shape index (κ3) is 1.18. The highest BCUT2D eigenvalue weighted by Crippen LogP contribution is 2.29. The van der Waals surface area contributed by atoms with Gasteiger partial charge in [0.15, 0.2) is 0 Å². The first-order chi connectivity index (χ1) is 5.88. The number of hydrogen-bond acceptors (Lipinski definition) is 3. The summed E-state index contributed by atoms with van der Waals surface area (Å²) in [6.07, 6.45) is 8.98. The fraction of sp³-hybridized carbons (Fsp3) is 0.333. The molecule has 0 bridgehead atoms. The summed E-state index contributed by atoms with van der Waals surface area (Å²) in [6.45, 7) is 0. The molecule has 0 amide bonds. The summed E-state index contributed by atoms with van der Waals surface area (Å²) in [7, 11) is 0. The van der Waals surface area contributed by atoms with E-state index in [4.69, 9.17) is 5.73 Å². The van der Waals surface area contributed by atoms with Crippen LogP contribution in [0.25, 0.3) is 5.57 Å². The smallest absolute Gasteiger partial charge is 0.134 e. The Morgan fingerprint density at radius 2 is 2.33 bits per heavy atom. The third-order valence-electron chi connectivity index (χ3n) is 2.13. The van der Waals surface area contributed by atoms with Gasteiger partial charge in [0.05, 0.1) is 0 Å². The lowest BCUT2D eigenvalue weighted by atomic mass is 10.1. The van der Waals surface area contributed by atoms with Crippen LogP contribution in [0.4, 0.5) is 5.82 Å². The van der Waals surface area contributed by atoms with Crippen LogP contribution in [0.3, 0.4) is 0 Å². The largest absolute Gasteiger partial charge is 0.383 e. The van der Waals surface area contributed by atoms with E-state index in [9.17, 15) is 0 Å². The summed E-state index contributed by atoms with van der Waals surface area (Å²) in [5, 5.41) is 0. The van der Waals surface area contributed by atoms with Crippen LogP contribution < -0.4 is 5.73 Å². The van der Waals surface area contributed by atoms with E-state index in [2.05, 4.69) is 16.0 Å². The lowest BCUT2D eigenvalue weighted by Crippen LogP contribution is -1.96. The minimum Gasteiger partial charge on any atom is -0.383 e. The molecule has 1 aliphatic rings. The summed E-state index contributed by atoms with van der Waals surface area (Å²) in [5.74, 6) is 0.596. The lowest BCUT2D eigenvalue weighted by Gasteiger charge is -2.02. The minimum absolute atomic E-state index is 0.596. The van der Waals surface area contributed by atoms with Crippen LogP contribution in [0.15, 0.2) is 18.6 Å². The van der Waals surface area contributed by atoms with Crippen LogP contribution in [0.1, 0.15) is 24.8 Å². The van der Waals surface area contributed by atoms with Gasteiger partial charge in [-0.3, -0.25) is 0 Å². The van der Waals surface area contributed by atoms with Crippen LogP contribution in [-0.4, -0.2) is 9.97 Å². The van der Waals surface area contributed by atoms with Crippen molar-refractivity contribution in [2.75, 3.05) is 5.73 Å². The highest BCUT2D eigenvalue weighted by Gasteiger charge is 2.10. The SMILES string of the molecule is Nc1ncncc1C1=CCCC1. The number of allylic oxidation sites excluding steroid dienone is 2. The molecule has 0 unspecified atom stereocenters. The van der Waals surface area contributed by atoms with E-state index in [1.807, 2.05) is 0 Å². The van der Waals surface area contributed by atoms with Gasteiger partial charge in [-0.1, -0.05) is 6.08 Å². The zero-order chi connectivity index (χ0) is 8.39. The maximum atomic E-state index is 5.71.